The summed E-state index contributed by atoms with van der Waals surface area (Å²) in [6, 6.07) is 12.4. The van der Waals surface area contributed by atoms with E-state index in [-0.39, 0.29) is 11.2 Å². The van der Waals surface area contributed by atoms with Crippen LogP contribution in [0.1, 0.15) is 25.0 Å². The Morgan fingerprint density at radius 3 is 2.26 bits per heavy atom. The van der Waals surface area contributed by atoms with Gasteiger partial charge in [0.2, 0.25) is 0 Å². The van der Waals surface area contributed by atoms with Crippen LogP contribution in [0.4, 0.5) is 4.39 Å². The maximum atomic E-state index is 13.0. The standard InChI is InChI=1S/C21H28FN3O2/c1-21(2,16-8-11-18(26-4)19(12-16)27-5)14-25-20(23-3)24-13-15-6-9-17(22)10-7-15/h6-12H,13-14H2,1-5H3,(H2,23,24,25). The molecule has 6 heteroatoms. The van der Waals surface area contributed by atoms with Crippen molar-refractivity contribution in [1.29, 1.82) is 0 Å². The van der Waals surface area contributed by atoms with Crippen molar-refractivity contribution in [2.24, 2.45) is 4.99 Å². The van der Waals surface area contributed by atoms with Gasteiger partial charge in [0.15, 0.2) is 17.5 Å². The first-order valence-electron chi connectivity index (χ1n) is 8.81. The molecule has 0 atom stereocenters. The normalized spacial score (nSPS) is 11.9. The molecule has 27 heavy (non-hydrogen) atoms. The fraction of sp³-hybridized carbons (Fsp3) is 0.381. The molecule has 0 bridgehead atoms. The summed E-state index contributed by atoms with van der Waals surface area (Å²) < 4.78 is 23.7. The Morgan fingerprint density at radius 2 is 1.67 bits per heavy atom. The average Bonchev–Trinajstić information content (AvgIpc) is 2.68. The quantitative estimate of drug-likeness (QED) is 0.576. The third-order valence-corrected chi connectivity index (χ3v) is 4.46. The molecule has 146 valence electrons. The van der Waals surface area contributed by atoms with Gasteiger partial charge in [0, 0.05) is 25.6 Å². The number of benzene rings is 2. The zero-order chi connectivity index (χ0) is 19.9. The van der Waals surface area contributed by atoms with E-state index in [0.29, 0.717) is 30.5 Å². The van der Waals surface area contributed by atoms with Gasteiger partial charge in [-0.25, -0.2) is 4.39 Å². The number of aliphatic imine (C=N–C) groups is 1. The van der Waals surface area contributed by atoms with Crippen molar-refractivity contribution in [3.8, 4) is 11.5 Å². The molecule has 0 aromatic heterocycles. The van der Waals surface area contributed by atoms with Crippen LogP contribution >= 0.6 is 0 Å². The minimum atomic E-state index is -0.238. The fourth-order valence-electron chi connectivity index (χ4n) is 2.67. The van der Waals surface area contributed by atoms with Crippen molar-refractivity contribution in [2.75, 3.05) is 27.8 Å². The highest BCUT2D eigenvalue weighted by atomic mass is 19.1. The van der Waals surface area contributed by atoms with Crippen molar-refractivity contribution in [3.05, 3.63) is 59.4 Å². The molecule has 0 radical (unpaired) electrons. The number of nitrogens with one attached hydrogen (secondary N) is 2. The molecule has 0 fully saturated rings. The van der Waals surface area contributed by atoms with E-state index in [2.05, 4.69) is 29.5 Å². The SMILES string of the molecule is CN=C(NCc1ccc(F)cc1)NCC(C)(C)c1ccc(OC)c(OC)c1. The van der Waals surface area contributed by atoms with E-state index in [4.69, 9.17) is 9.47 Å². The molecule has 0 aliphatic rings. The summed E-state index contributed by atoms with van der Waals surface area (Å²) in [6.45, 7) is 5.53. The van der Waals surface area contributed by atoms with Crippen LogP contribution in [0.25, 0.3) is 0 Å². The lowest BCUT2D eigenvalue weighted by molar-refractivity contribution is 0.353. The monoisotopic (exact) mass is 373 g/mol. The molecule has 0 aliphatic heterocycles. The van der Waals surface area contributed by atoms with Gasteiger partial charge in [-0.2, -0.15) is 0 Å². The molecule has 0 heterocycles. The van der Waals surface area contributed by atoms with E-state index in [1.807, 2.05) is 18.2 Å². The summed E-state index contributed by atoms with van der Waals surface area (Å²) in [6.07, 6.45) is 0. The number of hydrogen-bond acceptors (Lipinski definition) is 3. The van der Waals surface area contributed by atoms with Crippen LogP contribution in [-0.2, 0) is 12.0 Å². The second-order valence-electron chi connectivity index (χ2n) is 6.86. The third-order valence-electron chi connectivity index (χ3n) is 4.46. The zero-order valence-corrected chi connectivity index (χ0v) is 16.6. The van der Waals surface area contributed by atoms with Gasteiger partial charge < -0.3 is 20.1 Å². The first-order valence-corrected chi connectivity index (χ1v) is 8.81. The summed E-state index contributed by atoms with van der Waals surface area (Å²) in [5.74, 6) is 1.87. The van der Waals surface area contributed by atoms with Crippen molar-refractivity contribution < 1.29 is 13.9 Å². The first-order chi connectivity index (χ1) is 12.9. The summed E-state index contributed by atoms with van der Waals surface area (Å²) in [7, 11) is 4.98. The molecule has 2 rings (SSSR count). The smallest absolute Gasteiger partial charge is 0.191 e. The Kier molecular flexibility index (Phi) is 7.05. The average molecular weight is 373 g/mol. The van der Waals surface area contributed by atoms with Gasteiger partial charge in [-0.3, -0.25) is 4.99 Å². The number of nitrogens with zero attached hydrogens (tertiary/aromatic N) is 1. The Balaban J connectivity index is 1.98. The molecule has 5 nitrogen and oxygen atoms in total. The van der Waals surface area contributed by atoms with Gasteiger partial charge in [-0.05, 0) is 35.4 Å². The predicted octanol–water partition coefficient (Wildman–Crippen LogP) is 3.49. The van der Waals surface area contributed by atoms with Crippen LogP contribution in [0.2, 0.25) is 0 Å². The third kappa shape index (κ3) is 5.61. The molecule has 0 unspecified atom stereocenters. The van der Waals surface area contributed by atoms with Crippen LogP contribution in [0.3, 0.4) is 0 Å². The maximum Gasteiger partial charge on any atom is 0.191 e. The van der Waals surface area contributed by atoms with E-state index in [9.17, 15) is 4.39 Å². The van der Waals surface area contributed by atoms with Crippen molar-refractivity contribution in [3.63, 3.8) is 0 Å². The number of ether oxygens (including phenoxy) is 2. The number of hydrogen-bond donors (Lipinski definition) is 2. The maximum absolute atomic E-state index is 13.0. The Morgan fingerprint density at radius 1 is 1.00 bits per heavy atom. The van der Waals surface area contributed by atoms with Gasteiger partial charge in [0.1, 0.15) is 5.82 Å². The van der Waals surface area contributed by atoms with E-state index < -0.39 is 0 Å². The summed E-state index contributed by atoms with van der Waals surface area (Å²) >= 11 is 0. The molecule has 0 saturated carbocycles. The van der Waals surface area contributed by atoms with Gasteiger partial charge >= 0.3 is 0 Å². The first kappa shape index (κ1) is 20.6. The van der Waals surface area contributed by atoms with Crippen molar-refractivity contribution in [1.82, 2.24) is 10.6 Å². The zero-order valence-electron chi connectivity index (χ0n) is 16.6. The molecular weight excluding hydrogens is 345 g/mol. The van der Waals surface area contributed by atoms with E-state index in [1.54, 1.807) is 33.4 Å². The molecular formula is C21H28FN3O2. The highest BCUT2D eigenvalue weighted by Crippen LogP contribution is 2.32. The van der Waals surface area contributed by atoms with Crippen molar-refractivity contribution in [2.45, 2.75) is 25.8 Å². The Bertz CT molecular complexity index is 773. The number of guanidine groups is 1. The molecule has 0 amide bonds. The number of halogens is 1. The van der Waals surface area contributed by atoms with Crippen molar-refractivity contribution >= 4 is 5.96 Å². The summed E-state index contributed by atoms with van der Waals surface area (Å²) in [4.78, 5) is 4.25. The van der Waals surface area contributed by atoms with Crippen LogP contribution < -0.4 is 20.1 Å². The largest absolute Gasteiger partial charge is 0.493 e. The molecule has 2 N–H and O–H groups in total. The van der Waals surface area contributed by atoms with Gasteiger partial charge in [0.25, 0.3) is 0 Å². The highest BCUT2D eigenvalue weighted by Gasteiger charge is 2.22. The molecule has 0 spiro atoms. The minimum Gasteiger partial charge on any atom is -0.493 e. The van der Waals surface area contributed by atoms with E-state index in [0.717, 1.165) is 11.1 Å². The number of rotatable bonds is 7. The predicted molar refractivity (Wildman–Crippen MR) is 107 cm³/mol. The van der Waals surface area contributed by atoms with Gasteiger partial charge in [-0.1, -0.05) is 32.0 Å². The lowest BCUT2D eigenvalue weighted by atomic mass is 9.84. The van der Waals surface area contributed by atoms with Crippen LogP contribution in [0, 0.1) is 5.82 Å². The number of methoxy groups -OCH3 is 2. The Labute approximate surface area is 160 Å². The molecule has 2 aromatic carbocycles. The lowest BCUT2D eigenvalue weighted by Gasteiger charge is -2.27. The fourth-order valence-corrected chi connectivity index (χ4v) is 2.67. The molecule has 0 saturated heterocycles. The summed E-state index contributed by atoms with van der Waals surface area (Å²) in [5, 5.41) is 6.59. The van der Waals surface area contributed by atoms with Crippen LogP contribution in [0.5, 0.6) is 11.5 Å². The second-order valence-corrected chi connectivity index (χ2v) is 6.86. The summed E-state index contributed by atoms with van der Waals surface area (Å²) in [5.41, 5.74) is 1.95. The van der Waals surface area contributed by atoms with E-state index in [1.165, 1.54) is 12.1 Å². The van der Waals surface area contributed by atoms with E-state index >= 15 is 0 Å². The highest BCUT2D eigenvalue weighted by molar-refractivity contribution is 5.79. The topological polar surface area (TPSA) is 54.9 Å². The van der Waals surface area contributed by atoms with Crippen LogP contribution in [0.15, 0.2) is 47.5 Å². The lowest BCUT2D eigenvalue weighted by Crippen LogP contribution is -2.43. The van der Waals surface area contributed by atoms with Crippen LogP contribution in [-0.4, -0.2) is 33.8 Å². The van der Waals surface area contributed by atoms with Gasteiger partial charge in [0.05, 0.1) is 14.2 Å². The minimum absolute atomic E-state index is 0.160. The second kappa shape index (κ2) is 9.26. The molecule has 0 aliphatic carbocycles. The molecule has 2 aromatic rings. The van der Waals surface area contributed by atoms with Gasteiger partial charge in [-0.15, -0.1) is 0 Å². The Hall–Kier alpha value is -2.76.